The number of hydrogen-bond donors (Lipinski definition) is 2. The van der Waals surface area contributed by atoms with E-state index >= 15 is 0 Å². The molecule has 0 spiro atoms. The van der Waals surface area contributed by atoms with E-state index in [0.717, 1.165) is 19.5 Å². The molecule has 2 rings (SSSR count). The number of carboxylic acid groups (broad SMARTS) is 1. The number of aliphatic carboxylic acids is 1. The molecule has 1 aromatic rings. The van der Waals surface area contributed by atoms with Crippen molar-refractivity contribution in [2.45, 2.75) is 25.7 Å². The summed E-state index contributed by atoms with van der Waals surface area (Å²) in [5, 5.41) is 12.3. The lowest BCUT2D eigenvalue weighted by atomic mass is 9.79. The van der Waals surface area contributed by atoms with Crippen LogP contribution in [0.3, 0.4) is 0 Å². The number of carboxylic acids is 1. The molecule has 0 bridgehead atoms. The van der Waals surface area contributed by atoms with E-state index in [0.29, 0.717) is 5.92 Å². The SMILES string of the molecule is Cc1cccc(C2CNCCC2CC(=O)O)c1. The molecule has 17 heavy (non-hydrogen) atoms. The molecule has 2 unspecified atom stereocenters. The molecule has 0 amide bonds. The Morgan fingerprint density at radius 2 is 2.35 bits per heavy atom. The first-order valence-electron chi connectivity index (χ1n) is 6.16. The quantitative estimate of drug-likeness (QED) is 0.841. The fourth-order valence-electron chi connectivity index (χ4n) is 2.67. The minimum absolute atomic E-state index is 0.260. The third kappa shape index (κ3) is 3.07. The van der Waals surface area contributed by atoms with Gasteiger partial charge in [-0.3, -0.25) is 4.79 Å². The highest BCUT2D eigenvalue weighted by atomic mass is 16.4. The van der Waals surface area contributed by atoms with Crippen molar-refractivity contribution in [2.75, 3.05) is 13.1 Å². The normalized spacial score (nSPS) is 24.5. The summed E-state index contributed by atoms with van der Waals surface area (Å²) in [5.41, 5.74) is 2.51. The third-order valence-corrected chi connectivity index (χ3v) is 3.53. The topological polar surface area (TPSA) is 49.3 Å². The van der Waals surface area contributed by atoms with Crippen LogP contribution in [0, 0.1) is 12.8 Å². The summed E-state index contributed by atoms with van der Waals surface area (Å²) < 4.78 is 0. The molecule has 1 aliphatic heterocycles. The molecule has 92 valence electrons. The summed E-state index contributed by atoms with van der Waals surface area (Å²) in [5.74, 6) is -0.0927. The average Bonchev–Trinajstić information content (AvgIpc) is 2.29. The second-order valence-electron chi connectivity index (χ2n) is 4.87. The molecule has 1 aliphatic rings. The predicted molar refractivity (Wildman–Crippen MR) is 67.1 cm³/mol. The van der Waals surface area contributed by atoms with Gasteiger partial charge in [-0.1, -0.05) is 29.8 Å². The Balaban J connectivity index is 2.18. The van der Waals surface area contributed by atoms with Crippen LogP contribution >= 0.6 is 0 Å². The first kappa shape index (κ1) is 12.1. The molecule has 2 N–H and O–H groups in total. The minimum Gasteiger partial charge on any atom is -0.481 e. The third-order valence-electron chi connectivity index (χ3n) is 3.53. The van der Waals surface area contributed by atoms with Crippen molar-refractivity contribution in [3.05, 3.63) is 35.4 Å². The number of carbonyl (C=O) groups is 1. The number of aryl methyl sites for hydroxylation is 1. The van der Waals surface area contributed by atoms with Crippen LogP contribution in [0.15, 0.2) is 24.3 Å². The van der Waals surface area contributed by atoms with Crippen molar-refractivity contribution in [3.63, 3.8) is 0 Å². The van der Waals surface area contributed by atoms with Gasteiger partial charge in [0.1, 0.15) is 0 Å². The summed E-state index contributed by atoms with van der Waals surface area (Å²) >= 11 is 0. The molecule has 0 radical (unpaired) electrons. The molecule has 0 aliphatic carbocycles. The Labute approximate surface area is 102 Å². The van der Waals surface area contributed by atoms with Crippen LogP contribution in [0.25, 0.3) is 0 Å². The maximum absolute atomic E-state index is 10.9. The van der Waals surface area contributed by atoms with Gasteiger partial charge in [-0.2, -0.15) is 0 Å². The van der Waals surface area contributed by atoms with E-state index in [9.17, 15) is 4.79 Å². The Bertz CT molecular complexity index is 403. The summed E-state index contributed by atoms with van der Waals surface area (Å²) in [6.45, 7) is 3.90. The lowest BCUT2D eigenvalue weighted by molar-refractivity contribution is -0.138. The smallest absolute Gasteiger partial charge is 0.303 e. The van der Waals surface area contributed by atoms with Crippen LogP contribution in [0.1, 0.15) is 29.9 Å². The van der Waals surface area contributed by atoms with Gasteiger partial charge >= 0.3 is 5.97 Å². The van der Waals surface area contributed by atoms with Crippen molar-refractivity contribution in [1.29, 1.82) is 0 Å². The molecule has 1 aromatic carbocycles. The molecule has 1 heterocycles. The summed E-state index contributed by atoms with van der Waals surface area (Å²) in [7, 11) is 0. The summed E-state index contributed by atoms with van der Waals surface area (Å²) in [6.07, 6.45) is 1.23. The van der Waals surface area contributed by atoms with E-state index in [-0.39, 0.29) is 12.3 Å². The number of hydrogen-bond acceptors (Lipinski definition) is 2. The Morgan fingerprint density at radius 3 is 3.06 bits per heavy atom. The van der Waals surface area contributed by atoms with E-state index in [1.807, 2.05) is 0 Å². The lowest BCUT2D eigenvalue weighted by Gasteiger charge is -2.31. The minimum atomic E-state index is -0.686. The van der Waals surface area contributed by atoms with Crippen molar-refractivity contribution in [2.24, 2.45) is 5.92 Å². The van der Waals surface area contributed by atoms with E-state index in [4.69, 9.17) is 5.11 Å². The second kappa shape index (κ2) is 5.32. The maximum Gasteiger partial charge on any atom is 0.303 e. The van der Waals surface area contributed by atoms with Crippen LogP contribution in [0.4, 0.5) is 0 Å². The molecule has 3 nitrogen and oxygen atoms in total. The summed E-state index contributed by atoms with van der Waals surface area (Å²) in [4.78, 5) is 10.9. The zero-order chi connectivity index (χ0) is 12.3. The highest BCUT2D eigenvalue weighted by molar-refractivity contribution is 5.67. The molecule has 1 fully saturated rings. The van der Waals surface area contributed by atoms with E-state index < -0.39 is 5.97 Å². The molecule has 0 saturated carbocycles. The van der Waals surface area contributed by atoms with Gasteiger partial charge < -0.3 is 10.4 Å². The van der Waals surface area contributed by atoms with Crippen molar-refractivity contribution >= 4 is 5.97 Å². The first-order chi connectivity index (χ1) is 8.16. The molecule has 1 saturated heterocycles. The van der Waals surface area contributed by atoms with Crippen molar-refractivity contribution in [1.82, 2.24) is 5.32 Å². The second-order valence-corrected chi connectivity index (χ2v) is 4.87. The monoisotopic (exact) mass is 233 g/mol. The van der Waals surface area contributed by atoms with Crippen molar-refractivity contribution in [3.8, 4) is 0 Å². The number of rotatable bonds is 3. The van der Waals surface area contributed by atoms with Gasteiger partial charge in [-0.15, -0.1) is 0 Å². The van der Waals surface area contributed by atoms with Gasteiger partial charge in [-0.25, -0.2) is 0 Å². The fourth-order valence-corrected chi connectivity index (χ4v) is 2.67. The first-order valence-corrected chi connectivity index (χ1v) is 6.16. The van der Waals surface area contributed by atoms with Crippen LogP contribution in [-0.4, -0.2) is 24.2 Å². The van der Waals surface area contributed by atoms with Crippen LogP contribution < -0.4 is 5.32 Å². The number of piperidine rings is 1. The molecular weight excluding hydrogens is 214 g/mol. The lowest BCUT2D eigenvalue weighted by Crippen LogP contribution is -2.36. The zero-order valence-corrected chi connectivity index (χ0v) is 10.1. The van der Waals surface area contributed by atoms with Gasteiger partial charge in [0.15, 0.2) is 0 Å². The largest absolute Gasteiger partial charge is 0.481 e. The Morgan fingerprint density at radius 1 is 1.53 bits per heavy atom. The molecule has 2 atom stereocenters. The Hall–Kier alpha value is -1.35. The van der Waals surface area contributed by atoms with Crippen LogP contribution in [0.2, 0.25) is 0 Å². The van der Waals surface area contributed by atoms with Gasteiger partial charge in [0, 0.05) is 13.0 Å². The highest BCUT2D eigenvalue weighted by Crippen LogP contribution is 2.32. The number of nitrogens with one attached hydrogen (secondary N) is 1. The standard InChI is InChI=1S/C14H19NO2/c1-10-3-2-4-11(7-10)13-9-15-6-5-12(13)8-14(16)17/h2-4,7,12-13,15H,5-6,8-9H2,1H3,(H,16,17). The Kier molecular flexibility index (Phi) is 3.79. The van der Waals surface area contributed by atoms with Crippen LogP contribution in [0.5, 0.6) is 0 Å². The molecular formula is C14H19NO2. The van der Waals surface area contributed by atoms with Gasteiger partial charge in [0.05, 0.1) is 0 Å². The van der Waals surface area contributed by atoms with E-state index in [1.54, 1.807) is 0 Å². The molecule has 0 aromatic heterocycles. The van der Waals surface area contributed by atoms with Gasteiger partial charge in [-0.05, 0) is 37.3 Å². The number of benzene rings is 1. The average molecular weight is 233 g/mol. The molecule has 3 heteroatoms. The van der Waals surface area contributed by atoms with E-state index in [2.05, 4.69) is 36.5 Å². The van der Waals surface area contributed by atoms with Gasteiger partial charge in [0.2, 0.25) is 0 Å². The zero-order valence-electron chi connectivity index (χ0n) is 10.1. The highest BCUT2D eigenvalue weighted by Gasteiger charge is 2.28. The van der Waals surface area contributed by atoms with Gasteiger partial charge in [0.25, 0.3) is 0 Å². The summed E-state index contributed by atoms with van der Waals surface area (Å²) in [6, 6.07) is 8.41. The predicted octanol–water partition coefficient (Wildman–Crippen LogP) is 2.16. The maximum atomic E-state index is 10.9. The fraction of sp³-hybridized carbons (Fsp3) is 0.500. The van der Waals surface area contributed by atoms with E-state index in [1.165, 1.54) is 11.1 Å². The van der Waals surface area contributed by atoms with Crippen LogP contribution in [-0.2, 0) is 4.79 Å². The van der Waals surface area contributed by atoms with Crippen molar-refractivity contribution < 1.29 is 9.90 Å².